The minimum atomic E-state index is -1.79. The maximum Gasteiger partial charge on any atom is 0.335 e. The monoisotopic (exact) mass is 1220 g/mol. The molecule has 4 unspecified atom stereocenters. The van der Waals surface area contributed by atoms with Crippen LogP contribution in [0.4, 0.5) is 0 Å². The second-order valence-electron chi connectivity index (χ2n) is 22.4. The number of nitrogens with two attached hydrogens (primary N) is 1. The minimum Gasteiger partial charge on any atom is -0.481 e. The molecule has 1 aromatic carbocycles. The molecule has 0 aliphatic rings. The van der Waals surface area contributed by atoms with Gasteiger partial charge in [0.2, 0.25) is 47.3 Å². The molecule has 0 fully saturated rings. The van der Waals surface area contributed by atoms with Gasteiger partial charge in [-0.1, -0.05) is 91.3 Å². The molecule has 8 amide bonds. The summed E-state index contributed by atoms with van der Waals surface area (Å²) in [4.78, 5) is 152. The molecule has 13 N–H and O–H groups in total. The Labute approximate surface area is 508 Å². The third kappa shape index (κ3) is 40.7. The summed E-state index contributed by atoms with van der Waals surface area (Å²) in [5.41, 5.74) is 1.44. The molecule has 5 atom stereocenters. The van der Waals surface area contributed by atoms with E-state index in [2.05, 4.69) is 76.3 Å². The lowest BCUT2D eigenvalue weighted by Gasteiger charge is -2.37. The van der Waals surface area contributed by atoms with Gasteiger partial charge in [0, 0.05) is 39.8 Å². The Hall–Kier alpha value is -7.54. The molecule has 0 bridgehead atoms. The smallest absolute Gasteiger partial charge is 0.335 e. The molecule has 0 saturated heterocycles. The number of carbonyl (C=O) groups excluding carboxylic acids is 10. The van der Waals surface area contributed by atoms with Gasteiger partial charge in [-0.15, -0.1) is 0 Å². The van der Waals surface area contributed by atoms with E-state index in [9.17, 15) is 53.1 Å². The number of aliphatic hydroxyl groups excluding tert-OH is 1. The first-order valence-corrected chi connectivity index (χ1v) is 29.2. The van der Waals surface area contributed by atoms with Gasteiger partial charge in [-0.05, 0) is 127 Å². The number of hydrogen-bond acceptors (Lipinski definition) is 15. The van der Waals surface area contributed by atoms with E-state index in [1.54, 1.807) is 0 Å². The number of aldehydes is 1. The van der Waals surface area contributed by atoms with E-state index in [4.69, 9.17) is 25.5 Å². The summed E-state index contributed by atoms with van der Waals surface area (Å²) >= 11 is 0. The Morgan fingerprint density at radius 2 is 1.21 bits per heavy atom. The van der Waals surface area contributed by atoms with E-state index >= 15 is 4.79 Å². The van der Waals surface area contributed by atoms with Gasteiger partial charge in [-0.2, -0.15) is 0 Å². The first-order chi connectivity index (χ1) is 40.3. The number of aromatic carboxylic acids is 1. The zero-order valence-electron chi connectivity index (χ0n) is 53.1. The molecular weight excluding hydrogens is 1110 g/mol. The summed E-state index contributed by atoms with van der Waals surface area (Å²) in [7, 11) is 1.00. The lowest BCUT2D eigenvalue weighted by Crippen LogP contribution is -2.65. The van der Waals surface area contributed by atoms with Crippen LogP contribution in [0.1, 0.15) is 189 Å². The fraction of sp³-hybridized carbons (Fsp3) is 0.639. The van der Waals surface area contributed by atoms with Gasteiger partial charge in [0.15, 0.2) is 0 Å². The standard InChI is InChI=1S/C55H87N9O13.C3H8.C2H4O2.CH4O/c1-37(2)57-29-21-17-13-10-11-15-19-27-55(28-20-16-12-14-18-22-31-77-36-66,64-49(72)44(34-53(5,6)7)60-45(68)35-58-39(4)67)52(76)62-42(26-30-65)47(70)61-43(33-40-24-23-25-41(32-40)50(73)74)48(71)63-54(8,9)51(75)59-38(3)46(56)69;1-3-2;1-2(3)4;1-2/h10-12,14,23-25,30,32,36-38,42-44,57H,13,15-22,26-29,31,33-35H2,1-9H3,(H2,56,69)(H,58,67)(H,59,75)(H,60,68)(H,61,70)(H,62,76)(H,63,71)(H,64,72)(H,73,74);3H2,1-2H3;1H3,(H,3,4);2H,1H3/b11-10+,14-12+;;;/t38?,42?,43?,44-,55?;;;/m0.../s1. The molecule has 1 aromatic rings. The Kier molecular flexibility index (Phi) is 44.9. The second-order valence-corrected chi connectivity index (χ2v) is 22.4. The maximum absolute atomic E-state index is 15.2. The zero-order valence-corrected chi connectivity index (χ0v) is 53.1. The third-order valence-corrected chi connectivity index (χ3v) is 12.1. The minimum absolute atomic E-state index is 0.00367. The predicted octanol–water partition coefficient (Wildman–Crippen LogP) is 3.97. The summed E-state index contributed by atoms with van der Waals surface area (Å²) in [5.74, 6) is -8.40. The lowest BCUT2D eigenvalue weighted by molar-refractivity contribution is -0.139. The van der Waals surface area contributed by atoms with Crippen molar-refractivity contribution in [2.24, 2.45) is 11.1 Å². The highest BCUT2D eigenvalue weighted by Gasteiger charge is 2.43. The molecule has 0 radical (unpaired) electrons. The van der Waals surface area contributed by atoms with E-state index < -0.39 is 113 Å². The quantitative estimate of drug-likeness (QED) is 0.0252. The van der Waals surface area contributed by atoms with Gasteiger partial charge >= 0.3 is 5.97 Å². The van der Waals surface area contributed by atoms with Crippen LogP contribution in [-0.4, -0.2) is 155 Å². The number of carbonyl (C=O) groups is 12. The van der Waals surface area contributed by atoms with Crippen molar-refractivity contribution in [2.75, 3.05) is 26.8 Å². The molecule has 0 aliphatic carbocycles. The molecule has 0 aromatic heterocycles. The fourth-order valence-electron chi connectivity index (χ4n) is 7.83. The van der Waals surface area contributed by atoms with Crippen LogP contribution in [0.5, 0.6) is 0 Å². The van der Waals surface area contributed by atoms with Crippen molar-refractivity contribution in [3.05, 3.63) is 59.7 Å². The molecule has 488 valence electrons. The summed E-state index contributed by atoms with van der Waals surface area (Å²) in [5, 5.41) is 45.9. The first-order valence-electron chi connectivity index (χ1n) is 29.2. The van der Waals surface area contributed by atoms with Crippen LogP contribution in [0, 0.1) is 5.41 Å². The van der Waals surface area contributed by atoms with Crippen molar-refractivity contribution >= 4 is 72.0 Å². The Morgan fingerprint density at radius 3 is 1.70 bits per heavy atom. The SMILES string of the molecule is CC(=O)NCC(=O)N[C@@H](CC(C)(C)C)C(=O)NC(CCC/C=C/CCCCNC(C)C)(CCC/C=C/CCCOC=O)C(=O)NC(CC=O)C(=O)NC(Cc1cccc(C(=O)O)c1)C(=O)NC(C)(C)C(=O)NC(C)C(N)=O.CC(=O)O.CCC.CO. The van der Waals surface area contributed by atoms with Crippen molar-refractivity contribution < 1.29 is 77.6 Å². The lowest BCUT2D eigenvalue weighted by atomic mass is 9.83. The average molecular weight is 1220 g/mol. The maximum atomic E-state index is 15.2. The van der Waals surface area contributed by atoms with Crippen LogP contribution in [-0.2, 0) is 63.9 Å². The summed E-state index contributed by atoms with van der Waals surface area (Å²) in [6.07, 6.45) is 14.1. The largest absolute Gasteiger partial charge is 0.481 e. The molecule has 0 saturated carbocycles. The van der Waals surface area contributed by atoms with Crippen LogP contribution in [0.25, 0.3) is 0 Å². The van der Waals surface area contributed by atoms with Crippen LogP contribution < -0.4 is 48.3 Å². The summed E-state index contributed by atoms with van der Waals surface area (Å²) < 4.78 is 4.77. The van der Waals surface area contributed by atoms with E-state index in [1.165, 1.54) is 58.4 Å². The highest BCUT2D eigenvalue weighted by Crippen LogP contribution is 2.27. The highest BCUT2D eigenvalue weighted by molar-refractivity contribution is 6.00. The Morgan fingerprint density at radius 1 is 0.674 bits per heavy atom. The van der Waals surface area contributed by atoms with Gasteiger partial charge in [0.1, 0.15) is 41.5 Å². The van der Waals surface area contributed by atoms with Crippen molar-refractivity contribution in [2.45, 2.75) is 221 Å². The topological polar surface area (TPSA) is 397 Å². The number of benzene rings is 1. The predicted molar refractivity (Wildman–Crippen MR) is 328 cm³/mol. The molecule has 0 spiro atoms. The zero-order chi connectivity index (χ0) is 66.5. The Bertz CT molecular complexity index is 2310. The molecule has 25 heteroatoms. The van der Waals surface area contributed by atoms with Crippen LogP contribution in [0.3, 0.4) is 0 Å². The number of carboxylic acids is 2. The molecule has 1 rings (SSSR count). The van der Waals surface area contributed by atoms with Crippen molar-refractivity contribution in [3.8, 4) is 0 Å². The van der Waals surface area contributed by atoms with E-state index in [-0.39, 0.29) is 43.4 Å². The fourth-order valence-corrected chi connectivity index (χ4v) is 7.83. The number of hydrogen-bond donors (Lipinski definition) is 12. The summed E-state index contributed by atoms with van der Waals surface area (Å²) in [6, 6.07) is 0.396. The number of allylic oxidation sites excluding steroid dienone is 4. The number of aliphatic hydroxyl groups is 1. The summed E-state index contributed by atoms with van der Waals surface area (Å²) in [6.45, 7) is 21.4. The van der Waals surface area contributed by atoms with Crippen LogP contribution in [0.2, 0.25) is 0 Å². The van der Waals surface area contributed by atoms with Crippen LogP contribution >= 0.6 is 0 Å². The van der Waals surface area contributed by atoms with E-state index in [0.717, 1.165) is 39.8 Å². The second kappa shape index (κ2) is 46.7. The van der Waals surface area contributed by atoms with Crippen molar-refractivity contribution in [1.82, 2.24) is 42.5 Å². The van der Waals surface area contributed by atoms with Gasteiger partial charge in [-0.3, -0.25) is 47.9 Å². The highest BCUT2D eigenvalue weighted by atomic mass is 16.5. The number of unbranched alkanes of at least 4 members (excludes halogenated alkanes) is 5. The Balaban J connectivity index is -0.00000716. The molecule has 25 nitrogen and oxygen atoms in total. The van der Waals surface area contributed by atoms with Gasteiger partial charge < -0.3 is 73.1 Å². The van der Waals surface area contributed by atoms with E-state index in [0.29, 0.717) is 57.3 Å². The van der Waals surface area contributed by atoms with Crippen LogP contribution in [0.15, 0.2) is 48.6 Å². The molecule has 0 heterocycles. The average Bonchev–Trinajstić information content (AvgIpc) is 1.78. The number of rotatable bonds is 39. The number of amides is 8. The number of primary amides is 1. The number of aliphatic carboxylic acids is 1. The van der Waals surface area contributed by atoms with E-state index in [1.807, 2.05) is 39.0 Å². The van der Waals surface area contributed by atoms with Crippen molar-refractivity contribution in [3.63, 3.8) is 0 Å². The number of nitrogens with one attached hydrogen (secondary N) is 8. The number of ether oxygens (including phenoxy) is 1. The molecular formula is C61H103N9O16. The normalized spacial score (nSPS) is 13.1. The molecule has 0 aliphatic heterocycles. The van der Waals surface area contributed by atoms with Gasteiger partial charge in [0.25, 0.3) is 12.4 Å². The van der Waals surface area contributed by atoms with Gasteiger partial charge in [0.05, 0.1) is 18.7 Å². The third-order valence-electron chi connectivity index (χ3n) is 12.1. The number of carboxylic acid groups (broad SMARTS) is 2. The first kappa shape index (κ1) is 82.7. The van der Waals surface area contributed by atoms with Gasteiger partial charge in [-0.25, -0.2) is 4.79 Å². The van der Waals surface area contributed by atoms with Crippen molar-refractivity contribution in [1.29, 1.82) is 0 Å². The molecule has 86 heavy (non-hydrogen) atoms.